The van der Waals surface area contributed by atoms with Crippen LogP contribution in [0, 0.1) is 6.42 Å². The average molecular weight is 105 g/mol. The molecule has 0 nitrogen and oxygen atoms in total. The molecule has 0 bridgehead atoms. The molecule has 1 rings (SSSR count). The van der Waals surface area contributed by atoms with Crippen molar-refractivity contribution in [1.82, 2.24) is 0 Å². The fourth-order valence-corrected chi connectivity index (χ4v) is 0.437. The zero-order chi connectivity index (χ0) is 5.82. The molecule has 0 spiro atoms. The van der Waals surface area contributed by atoms with Crippen LogP contribution in [0.1, 0.15) is 6.92 Å². The van der Waals surface area contributed by atoms with Crippen molar-refractivity contribution in [3.05, 3.63) is 42.4 Å². The lowest BCUT2D eigenvalue weighted by atomic mass is 10.4. The maximum Gasteiger partial charge on any atom is 0.0125 e. The van der Waals surface area contributed by atoms with Crippen LogP contribution in [0.4, 0.5) is 0 Å². The van der Waals surface area contributed by atoms with Gasteiger partial charge in [0.1, 0.15) is 0 Å². The van der Waals surface area contributed by atoms with Crippen LogP contribution in [-0.4, -0.2) is 0 Å². The van der Waals surface area contributed by atoms with E-state index in [1.807, 2.05) is 25.2 Å². The van der Waals surface area contributed by atoms with Gasteiger partial charge >= 0.3 is 0 Å². The Balaban J connectivity index is 2.24. The van der Waals surface area contributed by atoms with E-state index < -0.39 is 0 Å². The molecule has 8 heavy (non-hydrogen) atoms. The van der Waals surface area contributed by atoms with Crippen molar-refractivity contribution < 1.29 is 0 Å². The van der Waals surface area contributed by atoms with Crippen LogP contribution in [0.3, 0.4) is 0 Å². The molecule has 0 aromatic heterocycles. The molecule has 0 saturated carbocycles. The third-order valence-corrected chi connectivity index (χ3v) is 0.951. The zero-order valence-corrected chi connectivity index (χ0v) is 4.96. The normalized spacial score (nSPS) is 17.9. The van der Waals surface area contributed by atoms with Crippen LogP contribution in [0.2, 0.25) is 0 Å². The molecule has 0 heteroatoms. The molecule has 0 N–H and O–H groups in total. The first kappa shape index (κ1) is 5.36. The molecule has 0 aliphatic heterocycles. The standard InChI is InChI=1S/C8H9/c1-2-3-4-5-8-6-7-8/h2-7H,1H3/b3-2+,5-4+. The van der Waals surface area contributed by atoms with Gasteiger partial charge in [0, 0.05) is 6.42 Å². The summed E-state index contributed by atoms with van der Waals surface area (Å²) in [6, 6.07) is 0. The zero-order valence-electron chi connectivity index (χ0n) is 4.96. The molecule has 0 saturated heterocycles. The van der Waals surface area contributed by atoms with Crippen molar-refractivity contribution in [2.45, 2.75) is 6.92 Å². The molecule has 1 aliphatic carbocycles. The van der Waals surface area contributed by atoms with Gasteiger partial charge in [-0.05, 0) is 12.5 Å². The van der Waals surface area contributed by atoms with E-state index in [1.54, 1.807) is 0 Å². The quantitative estimate of drug-likeness (QED) is 0.472. The topological polar surface area (TPSA) is 0 Å². The van der Waals surface area contributed by atoms with E-state index in [4.69, 9.17) is 0 Å². The summed E-state index contributed by atoms with van der Waals surface area (Å²) in [4.78, 5) is 0. The van der Waals surface area contributed by atoms with E-state index in [0.29, 0.717) is 0 Å². The fourth-order valence-electron chi connectivity index (χ4n) is 0.437. The van der Waals surface area contributed by atoms with Gasteiger partial charge in [-0.25, -0.2) is 0 Å². The molecule has 0 unspecified atom stereocenters. The molecule has 0 aromatic rings. The summed E-state index contributed by atoms with van der Waals surface area (Å²) in [5, 5.41) is 0. The minimum Gasteiger partial charge on any atom is -0.0877 e. The molecule has 1 aliphatic rings. The molecule has 0 atom stereocenters. The SMILES string of the molecule is C/C=C/C=C/C1=C[CH]1. The number of allylic oxidation sites excluding steroid dienone is 6. The van der Waals surface area contributed by atoms with Crippen LogP contribution in [-0.2, 0) is 0 Å². The van der Waals surface area contributed by atoms with Gasteiger partial charge in [-0.3, -0.25) is 0 Å². The highest BCUT2D eigenvalue weighted by atomic mass is 14.0. The van der Waals surface area contributed by atoms with Gasteiger partial charge in [0.25, 0.3) is 0 Å². The first-order valence-electron chi connectivity index (χ1n) is 2.78. The summed E-state index contributed by atoms with van der Waals surface area (Å²) in [6.45, 7) is 2.01. The summed E-state index contributed by atoms with van der Waals surface area (Å²) in [5.74, 6) is 0. The maximum absolute atomic E-state index is 2.08. The van der Waals surface area contributed by atoms with Crippen molar-refractivity contribution in [3.8, 4) is 0 Å². The molecule has 1 radical (unpaired) electrons. The van der Waals surface area contributed by atoms with Gasteiger partial charge in [-0.2, -0.15) is 0 Å². The first-order valence-corrected chi connectivity index (χ1v) is 2.78. The van der Waals surface area contributed by atoms with Crippen molar-refractivity contribution in [3.63, 3.8) is 0 Å². The summed E-state index contributed by atoms with van der Waals surface area (Å²) >= 11 is 0. The lowest BCUT2D eigenvalue weighted by Crippen LogP contribution is -1.49. The average Bonchev–Trinajstić information content (AvgIpc) is 2.51. The molecule has 41 valence electrons. The largest absolute Gasteiger partial charge is 0.0877 e. The Morgan fingerprint density at radius 2 is 2.12 bits per heavy atom. The predicted octanol–water partition coefficient (Wildman–Crippen LogP) is 2.26. The highest BCUT2D eigenvalue weighted by Crippen LogP contribution is 2.17. The first-order chi connectivity index (χ1) is 3.93. The van der Waals surface area contributed by atoms with Crippen LogP contribution < -0.4 is 0 Å². The van der Waals surface area contributed by atoms with E-state index in [0.717, 1.165) is 0 Å². The second-order valence-electron chi connectivity index (χ2n) is 1.72. The van der Waals surface area contributed by atoms with E-state index in [2.05, 4.69) is 18.6 Å². The molecule has 0 aromatic carbocycles. The van der Waals surface area contributed by atoms with E-state index in [1.165, 1.54) is 5.57 Å². The summed E-state index contributed by atoms with van der Waals surface area (Å²) < 4.78 is 0. The molecule has 0 heterocycles. The lowest BCUT2D eigenvalue weighted by molar-refractivity contribution is 1.72. The minimum atomic E-state index is 1.34. The smallest absolute Gasteiger partial charge is 0.0125 e. The third-order valence-electron chi connectivity index (χ3n) is 0.951. The summed E-state index contributed by atoms with van der Waals surface area (Å²) in [5.41, 5.74) is 1.34. The van der Waals surface area contributed by atoms with Gasteiger partial charge in [-0.15, -0.1) is 0 Å². The van der Waals surface area contributed by atoms with Crippen molar-refractivity contribution >= 4 is 0 Å². The highest BCUT2D eigenvalue weighted by Gasteiger charge is 1.99. The van der Waals surface area contributed by atoms with Crippen molar-refractivity contribution in [1.29, 1.82) is 0 Å². The van der Waals surface area contributed by atoms with Gasteiger partial charge in [0.15, 0.2) is 0 Å². The lowest BCUT2D eigenvalue weighted by Gasteiger charge is -1.69. The Morgan fingerprint density at radius 3 is 2.62 bits per heavy atom. The molecular weight excluding hydrogens is 96.1 g/mol. The molecule has 0 fully saturated rings. The maximum atomic E-state index is 2.08. The van der Waals surface area contributed by atoms with Crippen molar-refractivity contribution in [2.75, 3.05) is 0 Å². The van der Waals surface area contributed by atoms with E-state index in [9.17, 15) is 0 Å². The van der Waals surface area contributed by atoms with Crippen LogP contribution >= 0.6 is 0 Å². The molecular formula is C8H9. The summed E-state index contributed by atoms with van der Waals surface area (Å²) in [6.07, 6.45) is 12.3. The van der Waals surface area contributed by atoms with Crippen LogP contribution in [0.25, 0.3) is 0 Å². The summed E-state index contributed by atoms with van der Waals surface area (Å²) in [7, 11) is 0. The fraction of sp³-hybridized carbons (Fsp3) is 0.125. The Kier molecular flexibility index (Phi) is 1.68. The highest BCUT2D eigenvalue weighted by molar-refractivity contribution is 5.48. The number of hydrogen-bond donors (Lipinski definition) is 0. The monoisotopic (exact) mass is 105 g/mol. The Labute approximate surface area is 50.2 Å². The Morgan fingerprint density at radius 1 is 1.38 bits per heavy atom. The van der Waals surface area contributed by atoms with Crippen molar-refractivity contribution in [2.24, 2.45) is 0 Å². The second-order valence-corrected chi connectivity index (χ2v) is 1.72. The van der Waals surface area contributed by atoms with Gasteiger partial charge in [0.05, 0.1) is 0 Å². The van der Waals surface area contributed by atoms with Gasteiger partial charge in [0.2, 0.25) is 0 Å². The minimum absolute atomic E-state index is 1.34. The predicted molar refractivity (Wildman–Crippen MR) is 36.3 cm³/mol. The second kappa shape index (κ2) is 2.51. The van der Waals surface area contributed by atoms with E-state index >= 15 is 0 Å². The van der Waals surface area contributed by atoms with Gasteiger partial charge < -0.3 is 0 Å². The number of rotatable bonds is 2. The molecule has 0 amide bonds. The van der Waals surface area contributed by atoms with E-state index in [-0.39, 0.29) is 0 Å². The van der Waals surface area contributed by atoms with Gasteiger partial charge in [-0.1, -0.05) is 30.4 Å². The Bertz CT molecular complexity index is 147. The Hall–Kier alpha value is -0.780. The van der Waals surface area contributed by atoms with Crippen LogP contribution in [0.15, 0.2) is 36.0 Å². The van der Waals surface area contributed by atoms with Crippen LogP contribution in [0.5, 0.6) is 0 Å². The number of hydrogen-bond acceptors (Lipinski definition) is 0. The third kappa shape index (κ3) is 1.78.